The molecule has 0 unspecified atom stereocenters. The molecule has 0 saturated heterocycles. The molecule has 0 amide bonds. The van der Waals surface area contributed by atoms with E-state index in [4.69, 9.17) is 0 Å². The van der Waals surface area contributed by atoms with Crippen LogP contribution in [0, 0.1) is 5.92 Å². The molecule has 0 aromatic carbocycles. The summed E-state index contributed by atoms with van der Waals surface area (Å²) in [5.74, 6) is -0.972. The molecule has 1 saturated carbocycles. The molecule has 0 aliphatic heterocycles. The van der Waals surface area contributed by atoms with Crippen LogP contribution in [0.25, 0.3) is 0 Å². The van der Waals surface area contributed by atoms with Crippen molar-refractivity contribution in [3.63, 3.8) is 0 Å². The predicted molar refractivity (Wildman–Crippen MR) is 17.7 cm³/mol. The summed E-state index contributed by atoms with van der Waals surface area (Å²) < 4.78 is 0. The molecule has 0 radical (unpaired) electrons. The Bertz CT molecular complexity index is 77.8. The molecule has 3 heteroatoms. The van der Waals surface area contributed by atoms with Crippen molar-refractivity contribution in [1.82, 2.24) is 0 Å². The number of carbonyl (C=O) groups excluding carboxylic acids is 1. The molecule has 0 aromatic heterocycles. The van der Waals surface area contributed by atoms with Crippen molar-refractivity contribution in [1.29, 1.82) is 0 Å². The van der Waals surface area contributed by atoms with Gasteiger partial charge in [-0.15, -0.1) is 0 Å². The van der Waals surface area contributed by atoms with Gasteiger partial charge in [0.25, 0.3) is 0 Å². The van der Waals surface area contributed by atoms with Crippen molar-refractivity contribution in [2.75, 3.05) is 0 Å². The topological polar surface area (TPSA) is 40.1 Å². The Hall–Kier alpha value is 0.0674. The van der Waals surface area contributed by atoms with Crippen LogP contribution in [-0.4, -0.2) is 5.97 Å². The number of carboxylic acids is 1. The Kier molecular flexibility index (Phi) is 2.42. The van der Waals surface area contributed by atoms with Gasteiger partial charge in [0.1, 0.15) is 0 Å². The summed E-state index contributed by atoms with van der Waals surface area (Å²) in [5, 5.41) is 9.65. The predicted octanol–water partition coefficient (Wildman–Crippen LogP) is -3.85. The molecular weight excluding hydrogens is 87.0 g/mol. The molecule has 0 N–H and O–H groups in total. The normalized spacial score (nSPS) is 17.7. The van der Waals surface area contributed by atoms with Crippen LogP contribution in [0.1, 0.15) is 12.8 Å². The fraction of sp³-hybridized carbons (Fsp3) is 0.750. The summed E-state index contributed by atoms with van der Waals surface area (Å²) in [5.41, 5.74) is 0. The fourth-order valence-electron chi connectivity index (χ4n) is 0.319. The monoisotopic (exact) mass is 92.0 g/mol. The third kappa shape index (κ3) is 2.01. The zero-order valence-corrected chi connectivity index (χ0v) is 4.31. The van der Waals surface area contributed by atoms with Gasteiger partial charge in [0.05, 0.1) is 0 Å². The molecule has 1 aliphatic rings. The van der Waals surface area contributed by atoms with Crippen LogP contribution in [-0.2, 0) is 4.79 Å². The number of hydrogen-bond donors (Lipinski definition) is 0. The van der Waals surface area contributed by atoms with E-state index in [9.17, 15) is 9.90 Å². The van der Waals surface area contributed by atoms with E-state index in [0.29, 0.717) is 0 Å². The molecule has 0 bridgehead atoms. The summed E-state index contributed by atoms with van der Waals surface area (Å²) in [4.78, 5) is 9.65. The number of carbonyl (C=O) groups is 1. The van der Waals surface area contributed by atoms with Gasteiger partial charge in [-0.05, 0) is 18.8 Å². The van der Waals surface area contributed by atoms with E-state index in [1.807, 2.05) is 0 Å². The maximum atomic E-state index is 9.65. The minimum absolute atomic E-state index is 0. The fourth-order valence-corrected chi connectivity index (χ4v) is 0.319. The molecule has 0 spiro atoms. The van der Waals surface area contributed by atoms with Gasteiger partial charge in [-0.2, -0.15) is 0 Å². The SMILES string of the molecule is O=C([O-])C1CC1.[Li+]. The van der Waals surface area contributed by atoms with E-state index in [1.54, 1.807) is 0 Å². The first-order valence-corrected chi connectivity index (χ1v) is 2.01. The minimum atomic E-state index is -0.880. The van der Waals surface area contributed by atoms with Crippen molar-refractivity contribution < 1.29 is 28.8 Å². The minimum Gasteiger partial charge on any atom is -0.550 e. The molecule has 0 heterocycles. The summed E-state index contributed by atoms with van der Waals surface area (Å²) in [7, 11) is 0. The third-order valence-electron chi connectivity index (χ3n) is 0.911. The van der Waals surface area contributed by atoms with Gasteiger partial charge >= 0.3 is 18.9 Å². The Morgan fingerprint density at radius 1 is 1.57 bits per heavy atom. The van der Waals surface area contributed by atoms with Crippen LogP contribution in [0.15, 0.2) is 0 Å². The summed E-state index contributed by atoms with van der Waals surface area (Å²) in [6.45, 7) is 0. The van der Waals surface area contributed by atoms with Crippen molar-refractivity contribution >= 4 is 5.97 Å². The molecule has 0 atom stereocenters. The van der Waals surface area contributed by atoms with E-state index in [0.717, 1.165) is 12.8 Å². The Balaban J connectivity index is 0.000000360. The number of aliphatic carboxylic acids is 1. The van der Waals surface area contributed by atoms with Gasteiger partial charge in [0, 0.05) is 5.97 Å². The third-order valence-corrected chi connectivity index (χ3v) is 0.911. The summed E-state index contributed by atoms with van der Waals surface area (Å²) in [6.07, 6.45) is 1.67. The van der Waals surface area contributed by atoms with Gasteiger partial charge < -0.3 is 9.90 Å². The second kappa shape index (κ2) is 2.39. The van der Waals surface area contributed by atoms with E-state index in [1.165, 1.54) is 0 Å². The molecule has 2 nitrogen and oxygen atoms in total. The van der Waals surface area contributed by atoms with Gasteiger partial charge in [-0.1, -0.05) is 0 Å². The number of hydrogen-bond acceptors (Lipinski definition) is 2. The average molecular weight is 92.0 g/mol. The second-order valence-corrected chi connectivity index (χ2v) is 1.59. The summed E-state index contributed by atoms with van der Waals surface area (Å²) in [6, 6.07) is 0. The largest absolute Gasteiger partial charge is 1.00 e. The Labute approximate surface area is 54.1 Å². The van der Waals surface area contributed by atoms with Crippen LogP contribution in [0.3, 0.4) is 0 Å². The number of rotatable bonds is 1. The van der Waals surface area contributed by atoms with Crippen LogP contribution >= 0.6 is 0 Å². The van der Waals surface area contributed by atoms with E-state index in [-0.39, 0.29) is 24.8 Å². The Morgan fingerprint density at radius 2 is 2.00 bits per heavy atom. The van der Waals surface area contributed by atoms with Crippen molar-refractivity contribution in [3.05, 3.63) is 0 Å². The summed E-state index contributed by atoms with van der Waals surface area (Å²) >= 11 is 0. The molecule has 1 fully saturated rings. The smallest absolute Gasteiger partial charge is 0.550 e. The molecule has 34 valence electrons. The first kappa shape index (κ1) is 7.07. The molecule has 7 heavy (non-hydrogen) atoms. The van der Waals surface area contributed by atoms with Crippen LogP contribution < -0.4 is 24.0 Å². The van der Waals surface area contributed by atoms with Gasteiger partial charge in [-0.3, -0.25) is 0 Å². The number of carboxylic acid groups (broad SMARTS) is 1. The van der Waals surface area contributed by atoms with Crippen molar-refractivity contribution in [3.8, 4) is 0 Å². The van der Waals surface area contributed by atoms with Crippen molar-refractivity contribution in [2.24, 2.45) is 5.92 Å². The standard InChI is InChI=1S/C4H6O2.Li/c5-4(6)3-1-2-3;/h3H,1-2H2,(H,5,6);/q;+1/p-1. The van der Waals surface area contributed by atoms with Crippen molar-refractivity contribution in [2.45, 2.75) is 12.8 Å². The van der Waals surface area contributed by atoms with Gasteiger partial charge in [0.15, 0.2) is 0 Å². The van der Waals surface area contributed by atoms with E-state index in [2.05, 4.69) is 0 Å². The zero-order valence-electron chi connectivity index (χ0n) is 4.31. The van der Waals surface area contributed by atoms with Crippen LogP contribution in [0.5, 0.6) is 0 Å². The van der Waals surface area contributed by atoms with E-state index < -0.39 is 5.97 Å². The second-order valence-electron chi connectivity index (χ2n) is 1.59. The molecule has 1 rings (SSSR count). The first-order chi connectivity index (χ1) is 2.80. The first-order valence-electron chi connectivity index (χ1n) is 2.01. The maximum absolute atomic E-state index is 9.65. The Morgan fingerprint density at radius 3 is 2.00 bits per heavy atom. The average Bonchev–Trinajstić information content (AvgIpc) is 2.06. The zero-order chi connectivity index (χ0) is 4.57. The maximum Gasteiger partial charge on any atom is 1.00 e. The molecule has 1 aliphatic carbocycles. The van der Waals surface area contributed by atoms with Gasteiger partial charge in [-0.25, -0.2) is 0 Å². The van der Waals surface area contributed by atoms with Gasteiger partial charge in [0.2, 0.25) is 0 Å². The van der Waals surface area contributed by atoms with Crippen LogP contribution in [0.4, 0.5) is 0 Å². The molecule has 0 aromatic rings. The molecular formula is C4H5LiO2. The van der Waals surface area contributed by atoms with E-state index >= 15 is 0 Å². The van der Waals surface area contributed by atoms with Crippen LogP contribution in [0.2, 0.25) is 0 Å². The quantitative estimate of drug-likeness (QED) is 0.311.